The Morgan fingerprint density at radius 2 is 1.81 bits per heavy atom. The highest BCUT2D eigenvalue weighted by molar-refractivity contribution is 9.10. The van der Waals surface area contributed by atoms with Gasteiger partial charge in [-0.3, -0.25) is 4.79 Å². The average Bonchev–Trinajstić information content (AvgIpc) is 3.19. The van der Waals surface area contributed by atoms with Crippen molar-refractivity contribution >= 4 is 73.7 Å². The number of rotatable bonds is 8. The molecule has 3 aromatic carbocycles. The molecule has 0 unspecified atom stereocenters. The van der Waals surface area contributed by atoms with Crippen LogP contribution in [0.2, 0.25) is 10.0 Å². The Morgan fingerprint density at radius 3 is 2.50 bits per heavy atom. The van der Waals surface area contributed by atoms with Crippen LogP contribution in [0.3, 0.4) is 0 Å². The molecule has 1 saturated heterocycles. The number of methoxy groups -OCH3 is 1. The van der Waals surface area contributed by atoms with Crippen LogP contribution < -0.4 is 19.5 Å². The lowest BCUT2D eigenvalue weighted by Gasteiger charge is -2.15. The summed E-state index contributed by atoms with van der Waals surface area (Å²) < 4.78 is 17.7. The fourth-order valence-corrected chi connectivity index (χ4v) is 4.97. The van der Waals surface area contributed by atoms with Gasteiger partial charge in [0.15, 0.2) is 16.7 Å². The monoisotopic (exact) mass is 606 g/mol. The van der Waals surface area contributed by atoms with E-state index in [0.29, 0.717) is 43.9 Å². The van der Waals surface area contributed by atoms with Crippen LogP contribution in [0.5, 0.6) is 17.2 Å². The molecule has 1 aliphatic heterocycles. The van der Waals surface area contributed by atoms with Gasteiger partial charge in [0.25, 0.3) is 5.91 Å². The number of amides is 1. The molecule has 6 nitrogen and oxygen atoms in total. The molecule has 0 radical (unpaired) electrons. The number of aliphatic imine (C=N–C) groups is 1. The van der Waals surface area contributed by atoms with Crippen LogP contribution in [0.15, 0.2) is 69.0 Å². The van der Waals surface area contributed by atoms with Crippen LogP contribution in [0, 0.1) is 0 Å². The quantitative estimate of drug-likeness (QED) is 0.267. The zero-order chi connectivity index (χ0) is 25.7. The molecule has 0 atom stereocenters. The Balaban J connectivity index is 1.54. The van der Waals surface area contributed by atoms with Gasteiger partial charge in [-0.25, -0.2) is 4.99 Å². The maximum atomic E-state index is 12.6. The minimum absolute atomic E-state index is 0.227. The van der Waals surface area contributed by atoms with Crippen molar-refractivity contribution in [3.8, 4) is 17.2 Å². The van der Waals surface area contributed by atoms with E-state index in [-0.39, 0.29) is 12.5 Å². The fourth-order valence-electron chi connectivity index (χ4n) is 3.23. The van der Waals surface area contributed by atoms with Crippen molar-refractivity contribution in [3.63, 3.8) is 0 Å². The van der Waals surface area contributed by atoms with Crippen molar-refractivity contribution in [3.05, 3.63) is 85.1 Å². The zero-order valence-electron chi connectivity index (χ0n) is 19.3. The first-order valence-electron chi connectivity index (χ1n) is 10.8. The van der Waals surface area contributed by atoms with Crippen LogP contribution >= 0.6 is 50.9 Å². The summed E-state index contributed by atoms with van der Waals surface area (Å²) in [5.74, 6) is 1.60. The Kier molecular flexibility index (Phi) is 8.85. The first kappa shape index (κ1) is 26.4. The second-order valence-electron chi connectivity index (χ2n) is 7.46. The number of ether oxygens (including phenoxy) is 3. The highest BCUT2D eigenvalue weighted by Gasteiger charge is 2.24. The summed E-state index contributed by atoms with van der Waals surface area (Å²) in [6.45, 7) is 2.58. The highest BCUT2D eigenvalue weighted by atomic mass is 79.9. The summed E-state index contributed by atoms with van der Waals surface area (Å²) in [6, 6.07) is 16.2. The topological polar surface area (TPSA) is 69.2 Å². The van der Waals surface area contributed by atoms with Gasteiger partial charge < -0.3 is 19.5 Å². The molecule has 0 saturated carbocycles. The Morgan fingerprint density at radius 1 is 1.06 bits per heavy atom. The lowest BCUT2D eigenvalue weighted by molar-refractivity contribution is -0.115. The van der Waals surface area contributed by atoms with Crippen LogP contribution in [0.1, 0.15) is 18.1 Å². The van der Waals surface area contributed by atoms with Gasteiger partial charge >= 0.3 is 0 Å². The predicted octanol–water partition coefficient (Wildman–Crippen LogP) is 7.63. The predicted molar refractivity (Wildman–Crippen MR) is 150 cm³/mol. The molecule has 1 heterocycles. The molecule has 10 heteroatoms. The third kappa shape index (κ3) is 6.56. The average molecular weight is 608 g/mol. The van der Waals surface area contributed by atoms with Crippen LogP contribution in [-0.2, 0) is 11.4 Å². The Bertz CT molecular complexity index is 1350. The van der Waals surface area contributed by atoms with Crippen LogP contribution in [0.25, 0.3) is 6.08 Å². The van der Waals surface area contributed by atoms with Gasteiger partial charge in [0.1, 0.15) is 12.4 Å². The summed E-state index contributed by atoms with van der Waals surface area (Å²) in [5.41, 5.74) is 2.27. The molecule has 186 valence electrons. The molecular formula is C26H21BrCl2N2O4S. The third-order valence-electron chi connectivity index (χ3n) is 5.00. The molecular weight excluding hydrogens is 587 g/mol. The number of carbonyl (C=O) groups excluding carboxylic acids is 1. The molecule has 0 bridgehead atoms. The number of nitrogens with zero attached hydrogens (tertiary/aromatic N) is 1. The smallest absolute Gasteiger partial charge is 0.264 e. The number of hydrogen-bond acceptors (Lipinski definition) is 6. The largest absolute Gasteiger partial charge is 0.497 e. The van der Waals surface area contributed by atoms with Crippen molar-refractivity contribution in [2.24, 2.45) is 4.99 Å². The van der Waals surface area contributed by atoms with Gasteiger partial charge in [0.2, 0.25) is 0 Å². The SMILES string of the molecule is CCOc1cc(/C=C2/SC(=Nc3ccc(OC)cc3)NC2=O)c(Br)cc1OCc1ccc(Cl)cc1Cl. The summed E-state index contributed by atoms with van der Waals surface area (Å²) >= 11 is 17.1. The number of thioether (sulfide) groups is 1. The molecule has 4 rings (SSSR count). The summed E-state index contributed by atoms with van der Waals surface area (Å²) in [5, 5.41) is 4.38. The van der Waals surface area contributed by atoms with Gasteiger partial charge in [0.05, 0.1) is 24.3 Å². The second kappa shape index (κ2) is 12.1. The van der Waals surface area contributed by atoms with E-state index < -0.39 is 0 Å². The maximum Gasteiger partial charge on any atom is 0.264 e. The maximum absolute atomic E-state index is 12.6. The van der Waals surface area contributed by atoms with Crippen LogP contribution in [-0.4, -0.2) is 24.8 Å². The summed E-state index contributed by atoms with van der Waals surface area (Å²) in [4.78, 5) is 17.6. The normalized spacial score (nSPS) is 15.3. The van der Waals surface area contributed by atoms with Gasteiger partial charge in [-0.1, -0.05) is 45.2 Å². The van der Waals surface area contributed by atoms with Crippen molar-refractivity contribution in [2.45, 2.75) is 13.5 Å². The van der Waals surface area contributed by atoms with Gasteiger partial charge in [-0.15, -0.1) is 0 Å². The van der Waals surface area contributed by atoms with E-state index in [1.165, 1.54) is 11.8 Å². The van der Waals surface area contributed by atoms with E-state index in [1.807, 2.05) is 49.4 Å². The number of halogens is 3. The van der Waals surface area contributed by atoms with Crippen LogP contribution in [0.4, 0.5) is 5.69 Å². The summed E-state index contributed by atoms with van der Waals surface area (Å²) in [7, 11) is 1.61. The number of amidine groups is 1. The van der Waals surface area contributed by atoms with Gasteiger partial charge in [0, 0.05) is 20.1 Å². The molecule has 36 heavy (non-hydrogen) atoms. The van der Waals surface area contributed by atoms with Gasteiger partial charge in [-0.05, 0) is 78.9 Å². The molecule has 0 spiro atoms. The molecule has 1 amide bonds. The third-order valence-corrected chi connectivity index (χ3v) is 7.19. The van der Waals surface area contributed by atoms with E-state index in [4.69, 9.17) is 37.4 Å². The second-order valence-corrected chi connectivity index (χ2v) is 10.2. The van der Waals surface area contributed by atoms with E-state index in [0.717, 1.165) is 21.3 Å². The molecule has 1 N–H and O–H groups in total. The van der Waals surface area contributed by atoms with Gasteiger partial charge in [-0.2, -0.15) is 0 Å². The Hall–Kier alpha value is -2.65. The van der Waals surface area contributed by atoms with Crippen molar-refractivity contribution in [1.82, 2.24) is 5.32 Å². The standard InChI is InChI=1S/C26H21BrCl2N2O4S/c1-3-34-22-10-16(20(27)13-23(22)35-14-15-4-5-17(28)12-21(15)29)11-24-25(32)31-26(36-24)30-18-6-8-19(33-2)9-7-18/h4-13H,3,14H2,1-2H3,(H,30,31,32)/b24-11+. The fraction of sp³-hybridized carbons (Fsp3) is 0.154. The molecule has 1 fully saturated rings. The number of carbonyl (C=O) groups is 1. The van der Waals surface area contributed by atoms with Crippen molar-refractivity contribution < 1.29 is 19.0 Å². The summed E-state index contributed by atoms with van der Waals surface area (Å²) in [6.07, 6.45) is 1.78. The van der Waals surface area contributed by atoms with E-state index in [2.05, 4.69) is 26.2 Å². The Labute approximate surface area is 231 Å². The first-order valence-corrected chi connectivity index (χ1v) is 13.2. The van der Waals surface area contributed by atoms with Crippen molar-refractivity contribution in [2.75, 3.05) is 13.7 Å². The highest BCUT2D eigenvalue weighted by Crippen LogP contribution is 2.37. The van der Waals surface area contributed by atoms with Crippen molar-refractivity contribution in [1.29, 1.82) is 0 Å². The lowest BCUT2D eigenvalue weighted by atomic mass is 10.1. The molecule has 0 aliphatic carbocycles. The van der Waals surface area contributed by atoms with E-state index in [1.54, 1.807) is 25.3 Å². The molecule has 1 aliphatic rings. The molecule has 3 aromatic rings. The van der Waals surface area contributed by atoms with E-state index in [9.17, 15) is 4.79 Å². The first-order chi connectivity index (χ1) is 17.4. The lowest BCUT2D eigenvalue weighted by Crippen LogP contribution is -2.19. The molecule has 0 aromatic heterocycles. The minimum Gasteiger partial charge on any atom is -0.497 e. The number of nitrogens with one attached hydrogen (secondary N) is 1. The zero-order valence-corrected chi connectivity index (χ0v) is 23.2. The minimum atomic E-state index is -0.227. The number of hydrogen-bond donors (Lipinski definition) is 1. The number of benzene rings is 3. The van der Waals surface area contributed by atoms with E-state index >= 15 is 0 Å².